The van der Waals surface area contributed by atoms with Gasteiger partial charge in [0.2, 0.25) is 0 Å². The molecule has 0 radical (unpaired) electrons. The first-order valence-electron chi connectivity index (χ1n) is 5.03. The van der Waals surface area contributed by atoms with Crippen molar-refractivity contribution in [3.8, 4) is 0 Å². The highest BCUT2D eigenvalue weighted by Crippen LogP contribution is 2.07. The summed E-state index contributed by atoms with van der Waals surface area (Å²) in [5.41, 5.74) is 3.07. The van der Waals surface area contributed by atoms with Gasteiger partial charge in [-0.1, -0.05) is 26.7 Å². The molecule has 14 heavy (non-hydrogen) atoms. The fourth-order valence-electron chi connectivity index (χ4n) is 0.935. The summed E-state index contributed by atoms with van der Waals surface area (Å²) < 4.78 is 0. The summed E-state index contributed by atoms with van der Waals surface area (Å²) in [7, 11) is 0. The van der Waals surface area contributed by atoms with Crippen LogP contribution >= 0.6 is 0 Å². The highest BCUT2D eigenvalue weighted by atomic mass is 15.1. The number of aromatic amines is 1. The summed E-state index contributed by atoms with van der Waals surface area (Å²) in [5.74, 6) is 0. The molecule has 3 nitrogen and oxygen atoms in total. The van der Waals surface area contributed by atoms with E-state index in [0.29, 0.717) is 0 Å². The van der Waals surface area contributed by atoms with Gasteiger partial charge in [-0.15, -0.1) is 0 Å². The SMILES string of the molecule is CCCC.Cc1cnc2cn[nH]c2c1.[HH]. The third-order valence-electron chi connectivity index (χ3n) is 1.93. The lowest BCUT2D eigenvalue weighted by Crippen LogP contribution is -1.76. The second-order valence-corrected chi connectivity index (χ2v) is 3.32. The lowest BCUT2D eigenvalue weighted by atomic mass is 10.3. The Labute approximate surface area is 86.0 Å². The second kappa shape index (κ2) is 5.37. The zero-order valence-corrected chi connectivity index (χ0v) is 9.04. The van der Waals surface area contributed by atoms with Crippen molar-refractivity contribution in [2.75, 3.05) is 0 Å². The van der Waals surface area contributed by atoms with Gasteiger partial charge in [0.25, 0.3) is 0 Å². The van der Waals surface area contributed by atoms with Gasteiger partial charge < -0.3 is 0 Å². The fourth-order valence-corrected chi connectivity index (χ4v) is 0.935. The average Bonchev–Trinajstić information content (AvgIpc) is 2.65. The molecule has 0 saturated heterocycles. The van der Waals surface area contributed by atoms with E-state index in [2.05, 4.69) is 29.0 Å². The van der Waals surface area contributed by atoms with Gasteiger partial charge in [-0.3, -0.25) is 10.1 Å². The largest absolute Gasteiger partial charge is 0.276 e. The topological polar surface area (TPSA) is 41.6 Å². The van der Waals surface area contributed by atoms with Crippen LogP contribution in [0.3, 0.4) is 0 Å². The van der Waals surface area contributed by atoms with Crippen LogP contribution < -0.4 is 0 Å². The van der Waals surface area contributed by atoms with Crippen LogP contribution in [0.1, 0.15) is 33.7 Å². The molecule has 0 saturated carbocycles. The van der Waals surface area contributed by atoms with Crippen LogP contribution in [0.4, 0.5) is 0 Å². The van der Waals surface area contributed by atoms with Gasteiger partial charge in [0.1, 0.15) is 5.52 Å². The van der Waals surface area contributed by atoms with Gasteiger partial charge in [-0.05, 0) is 18.6 Å². The molecular weight excluding hydrogens is 174 g/mol. The molecule has 0 amide bonds. The predicted octanol–water partition coefficient (Wildman–Crippen LogP) is 3.32. The monoisotopic (exact) mass is 193 g/mol. The molecule has 2 aromatic heterocycles. The molecule has 0 aromatic carbocycles. The highest BCUT2D eigenvalue weighted by molar-refractivity contribution is 5.73. The lowest BCUT2D eigenvalue weighted by Gasteiger charge is -1.88. The van der Waals surface area contributed by atoms with Gasteiger partial charge in [-0.25, -0.2) is 0 Å². The van der Waals surface area contributed by atoms with Gasteiger partial charge in [0.05, 0.1) is 11.7 Å². The first-order valence-corrected chi connectivity index (χ1v) is 5.03. The van der Waals surface area contributed by atoms with Crippen LogP contribution in [0.15, 0.2) is 18.5 Å². The maximum Gasteiger partial charge on any atom is 0.108 e. The number of H-pyrrole nitrogens is 1. The summed E-state index contributed by atoms with van der Waals surface area (Å²) in [4.78, 5) is 4.15. The highest BCUT2D eigenvalue weighted by Gasteiger charge is 1.93. The van der Waals surface area contributed by atoms with Crippen LogP contribution in [0.5, 0.6) is 0 Å². The third-order valence-corrected chi connectivity index (χ3v) is 1.93. The minimum absolute atomic E-state index is 0. The molecule has 0 aliphatic carbocycles. The minimum Gasteiger partial charge on any atom is -0.276 e. The number of hydrogen-bond acceptors (Lipinski definition) is 2. The average molecular weight is 193 g/mol. The molecule has 2 aromatic rings. The molecule has 0 spiro atoms. The number of hydrogen-bond donors (Lipinski definition) is 1. The van der Waals surface area contributed by atoms with E-state index in [-0.39, 0.29) is 1.43 Å². The van der Waals surface area contributed by atoms with Crippen LogP contribution in [-0.2, 0) is 0 Å². The molecule has 0 atom stereocenters. The molecule has 2 rings (SSSR count). The van der Waals surface area contributed by atoms with Gasteiger partial charge >= 0.3 is 0 Å². The number of fused-ring (bicyclic) bond motifs is 1. The summed E-state index contributed by atoms with van der Waals surface area (Å²) >= 11 is 0. The van der Waals surface area contributed by atoms with E-state index in [9.17, 15) is 0 Å². The van der Waals surface area contributed by atoms with Crippen molar-refractivity contribution in [3.63, 3.8) is 0 Å². The van der Waals surface area contributed by atoms with E-state index in [4.69, 9.17) is 0 Å². The number of nitrogens with one attached hydrogen (secondary N) is 1. The molecule has 0 aliphatic heterocycles. The van der Waals surface area contributed by atoms with E-state index in [1.807, 2.05) is 19.2 Å². The van der Waals surface area contributed by atoms with Crippen molar-refractivity contribution in [2.45, 2.75) is 33.6 Å². The van der Waals surface area contributed by atoms with Crippen molar-refractivity contribution in [3.05, 3.63) is 24.0 Å². The molecule has 78 valence electrons. The number of aromatic nitrogens is 3. The smallest absolute Gasteiger partial charge is 0.108 e. The molecular formula is C11H19N3. The van der Waals surface area contributed by atoms with E-state index in [1.54, 1.807) is 6.20 Å². The van der Waals surface area contributed by atoms with Crippen LogP contribution in [0.2, 0.25) is 0 Å². The quantitative estimate of drug-likeness (QED) is 0.754. The Balaban J connectivity index is 0.000000346. The first-order chi connectivity index (χ1) is 6.77. The molecule has 2 heterocycles. The van der Waals surface area contributed by atoms with Crippen LogP contribution in [-0.4, -0.2) is 15.2 Å². The predicted molar refractivity (Wildman–Crippen MR) is 61.3 cm³/mol. The van der Waals surface area contributed by atoms with Crippen molar-refractivity contribution in [2.24, 2.45) is 0 Å². The maximum atomic E-state index is 4.15. The van der Waals surface area contributed by atoms with E-state index >= 15 is 0 Å². The number of rotatable bonds is 1. The maximum absolute atomic E-state index is 4.15. The van der Waals surface area contributed by atoms with Gasteiger partial charge in [-0.2, -0.15) is 5.10 Å². The Morgan fingerprint density at radius 1 is 1.29 bits per heavy atom. The molecule has 0 fully saturated rings. The van der Waals surface area contributed by atoms with Gasteiger partial charge in [0.15, 0.2) is 0 Å². The Bertz CT molecular complexity index is 382. The molecule has 0 aliphatic rings. The molecule has 0 bridgehead atoms. The third kappa shape index (κ3) is 2.83. The second-order valence-electron chi connectivity index (χ2n) is 3.32. The fraction of sp³-hybridized carbons (Fsp3) is 0.455. The van der Waals surface area contributed by atoms with E-state index in [1.165, 1.54) is 12.8 Å². The Kier molecular flexibility index (Phi) is 4.11. The van der Waals surface area contributed by atoms with Crippen molar-refractivity contribution in [1.82, 2.24) is 15.2 Å². The lowest BCUT2D eigenvalue weighted by molar-refractivity contribution is 0.886. The minimum atomic E-state index is 0. The number of pyridine rings is 1. The van der Waals surface area contributed by atoms with Crippen molar-refractivity contribution < 1.29 is 1.43 Å². The number of nitrogens with zero attached hydrogens (tertiary/aromatic N) is 2. The zero-order chi connectivity index (χ0) is 10.4. The summed E-state index contributed by atoms with van der Waals surface area (Å²) in [6.45, 7) is 6.37. The summed E-state index contributed by atoms with van der Waals surface area (Å²) in [6.07, 6.45) is 6.19. The zero-order valence-electron chi connectivity index (χ0n) is 9.04. The Morgan fingerprint density at radius 3 is 2.64 bits per heavy atom. The van der Waals surface area contributed by atoms with Crippen molar-refractivity contribution >= 4 is 11.0 Å². The Morgan fingerprint density at radius 2 is 2.00 bits per heavy atom. The molecule has 3 heteroatoms. The Hall–Kier alpha value is -1.38. The van der Waals surface area contributed by atoms with E-state index in [0.717, 1.165) is 16.6 Å². The van der Waals surface area contributed by atoms with Gasteiger partial charge in [0, 0.05) is 7.62 Å². The van der Waals surface area contributed by atoms with E-state index < -0.39 is 0 Å². The molecule has 1 N–H and O–H groups in total. The van der Waals surface area contributed by atoms with Crippen LogP contribution in [0, 0.1) is 6.92 Å². The summed E-state index contributed by atoms with van der Waals surface area (Å²) in [5, 5.41) is 6.70. The summed E-state index contributed by atoms with van der Waals surface area (Å²) in [6, 6.07) is 2.02. The number of unbranched alkanes of at least 4 members (excludes halogenated alkanes) is 1. The number of aryl methyl sites for hydroxylation is 1. The van der Waals surface area contributed by atoms with Crippen LogP contribution in [0.25, 0.3) is 11.0 Å². The standard InChI is InChI=1S/C7H7N3.C4H10.H2/c1-5-2-6-7(8-3-5)4-9-10-6;1-3-4-2;/h2-4H,1H3,(H,9,10);3-4H2,1-2H3;1H. The first kappa shape index (κ1) is 10.7. The van der Waals surface area contributed by atoms with Crippen molar-refractivity contribution in [1.29, 1.82) is 0 Å². The normalized spacial score (nSPS) is 9.64. The molecule has 0 unspecified atom stereocenters.